The molecule has 0 N–H and O–H groups in total. The van der Waals surface area contributed by atoms with Crippen LogP contribution in [0.2, 0.25) is 10.0 Å². The summed E-state index contributed by atoms with van der Waals surface area (Å²) in [5.74, 6) is -0.499. The number of esters is 1. The fourth-order valence-electron chi connectivity index (χ4n) is 1.92. The molecule has 2 aromatic carbocycles. The van der Waals surface area contributed by atoms with Gasteiger partial charge in [0.1, 0.15) is 5.75 Å². The van der Waals surface area contributed by atoms with Crippen LogP contribution in [-0.2, 0) is 9.53 Å². The van der Waals surface area contributed by atoms with Crippen LogP contribution in [-0.4, -0.2) is 25.0 Å². The maximum absolute atomic E-state index is 12.0. The molecule has 4 nitrogen and oxygen atoms in total. The highest BCUT2D eigenvalue weighted by Crippen LogP contribution is 2.21. The molecule has 0 radical (unpaired) electrons. The van der Waals surface area contributed by atoms with E-state index in [1.807, 2.05) is 26.0 Å². The Morgan fingerprint density at radius 1 is 0.958 bits per heavy atom. The number of benzene rings is 2. The fraction of sp³-hybridized carbons (Fsp3) is 0.222. The summed E-state index contributed by atoms with van der Waals surface area (Å²) >= 11 is 11.8. The van der Waals surface area contributed by atoms with E-state index in [1.165, 1.54) is 12.1 Å². The second-order valence-electron chi connectivity index (χ2n) is 5.24. The third-order valence-corrected chi connectivity index (χ3v) is 3.99. The Morgan fingerprint density at radius 2 is 1.71 bits per heavy atom. The molecule has 0 aromatic heterocycles. The van der Waals surface area contributed by atoms with Crippen molar-refractivity contribution in [3.63, 3.8) is 0 Å². The number of rotatable bonds is 6. The Kier molecular flexibility index (Phi) is 6.23. The van der Waals surface area contributed by atoms with Crippen molar-refractivity contribution in [3.8, 4) is 5.75 Å². The molecule has 0 spiro atoms. The summed E-state index contributed by atoms with van der Waals surface area (Å²) in [6.07, 6.45) is 0. The van der Waals surface area contributed by atoms with E-state index < -0.39 is 18.4 Å². The Labute approximate surface area is 150 Å². The molecule has 0 saturated carbocycles. The van der Waals surface area contributed by atoms with Gasteiger partial charge in [-0.2, -0.15) is 0 Å². The minimum absolute atomic E-state index is 0.215. The van der Waals surface area contributed by atoms with Gasteiger partial charge in [0.15, 0.2) is 13.2 Å². The number of ether oxygens (including phenoxy) is 2. The standard InChI is InChI=1S/C18H16Cl2O4/c1-11-3-5-14(7-12(11)2)23-10-18(22)24-9-17(21)15-8-13(19)4-6-16(15)20/h3-8H,9-10H2,1-2H3. The first kappa shape index (κ1) is 18.3. The van der Waals surface area contributed by atoms with Crippen LogP contribution in [0.5, 0.6) is 5.75 Å². The highest BCUT2D eigenvalue weighted by atomic mass is 35.5. The first-order valence-electron chi connectivity index (χ1n) is 7.20. The van der Waals surface area contributed by atoms with Crippen molar-refractivity contribution in [3.05, 3.63) is 63.1 Å². The largest absolute Gasteiger partial charge is 0.482 e. The lowest BCUT2D eigenvalue weighted by molar-refractivity contribution is -0.144. The highest BCUT2D eigenvalue weighted by molar-refractivity contribution is 6.36. The zero-order valence-corrected chi connectivity index (χ0v) is 14.8. The summed E-state index contributed by atoms with van der Waals surface area (Å²) in [7, 11) is 0. The van der Waals surface area contributed by atoms with Crippen molar-refractivity contribution in [1.82, 2.24) is 0 Å². The summed E-state index contributed by atoms with van der Waals surface area (Å²) in [4.78, 5) is 23.7. The van der Waals surface area contributed by atoms with Crippen molar-refractivity contribution in [2.24, 2.45) is 0 Å². The zero-order chi connectivity index (χ0) is 17.7. The lowest BCUT2D eigenvalue weighted by Gasteiger charge is -2.09. The Hall–Kier alpha value is -2.04. The maximum atomic E-state index is 12.0. The van der Waals surface area contributed by atoms with Crippen LogP contribution >= 0.6 is 23.2 Å². The first-order chi connectivity index (χ1) is 11.4. The maximum Gasteiger partial charge on any atom is 0.344 e. The van der Waals surface area contributed by atoms with E-state index in [0.29, 0.717) is 10.8 Å². The van der Waals surface area contributed by atoms with E-state index in [-0.39, 0.29) is 17.2 Å². The van der Waals surface area contributed by atoms with E-state index in [9.17, 15) is 9.59 Å². The molecule has 0 aliphatic heterocycles. The number of hydrogen-bond acceptors (Lipinski definition) is 4. The smallest absolute Gasteiger partial charge is 0.344 e. The molecular formula is C18H16Cl2O4. The predicted molar refractivity (Wildman–Crippen MR) is 93.2 cm³/mol. The summed E-state index contributed by atoms with van der Waals surface area (Å²) in [6, 6.07) is 10.0. The van der Waals surface area contributed by atoms with E-state index in [1.54, 1.807) is 12.1 Å². The Morgan fingerprint density at radius 3 is 2.42 bits per heavy atom. The third-order valence-electron chi connectivity index (χ3n) is 3.43. The predicted octanol–water partition coefficient (Wildman–Crippen LogP) is 4.42. The van der Waals surface area contributed by atoms with Crippen LogP contribution in [0.1, 0.15) is 21.5 Å². The van der Waals surface area contributed by atoms with Crippen molar-refractivity contribution >= 4 is 35.0 Å². The third kappa shape index (κ3) is 4.98. The van der Waals surface area contributed by atoms with E-state index in [0.717, 1.165) is 11.1 Å². The number of hydrogen-bond donors (Lipinski definition) is 0. The average molecular weight is 367 g/mol. The van der Waals surface area contributed by atoms with Gasteiger partial charge in [0.25, 0.3) is 0 Å². The van der Waals surface area contributed by atoms with Crippen LogP contribution in [0.4, 0.5) is 0 Å². The fourth-order valence-corrected chi connectivity index (χ4v) is 2.32. The van der Waals surface area contributed by atoms with Crippen molar-refractivity contribution in [2.75, 3.05) is 13.2 Å². The molecule has 126 valence electrons. The molecular weight excluding hydrogens is 351 g/mol. The molecule has 0 atom stereocenters. The molecule has 0 fully saturated rings. The van der Waals surface area contributed by atoms with Gasteiger partial charge in [0.05, 0.1) is 5.02 Å². The van der Waals surface area contributed by atoms with E-state index in [2.05, 4.69) is 0 Å². The number of carbonyl (C=O) groups excluding carboxylic acids is 2. The minimum Gasteiger partial charge on any atom is -0.482 e. The first-order valence-corrected chi connectivity index (χ1v) is 7.96. The van der Waals surface area contributed by atoms with Gasteiger partial charge in [-0.1, -0.05) is 29.3 Å². The lowest BCUT2D eigenvalue weighted by atomic mass is 10.1. The summed E-state index contributed by atoms with van der Waals surface area (Å²) in [6.45, 7) is 3.24. The molecule has 0 aliphatic carbocycles. The Bertz CT molecular complexity index is 772. The minimum atomic E-state index is -0.639. The number of halogens is 2. The molecule has 0 amide bonds. The average Bonchev–Trinajstić information content (AvgIpc) is 2.56. The van der Waals surface area contributed by atoms with Gasteiger partial charge in [-0.3, -0.25) is 4.79 Å². The van der Waals surface area contributed by atoms with Crippen molar-refractivity contribution < 1.29 is 19.1 Å². The topological polar surface area (TPSA) is 52.6 Å². The molecule has 0 unspecified atom stereocenters. The van der Waals surface area contributed by atoms with Gasteiger partial charge in [0.2, 0.25) is 5.78 Å². The second-order valence-corrected chi connectivity index (χ2v) is 6.09. The van der Waals surface area contributed by atoms with Crippen LogP contribution in [0.25, 0.3) is 0 Å². The van der Waals surface area contributed by atoms with Crippen LogP contribution in [0.3, 0.4) is 0 Å². The van der Waals surface area contributed by atoms with Gasteiger partial charge >= 0.3 is 5.97 Å². The lowest BCUT2D eigenvalue weighted by Crippen LogP contribution is -2.19. The molecule has 6 heteroatoms. The quantitative estimate of drug-likeness (QED) is 0.560. The molecule has 0 aliphatic rings. The van der Waals surface area contributed by atoms with Crippen LogP contribution < -0.4 is 4.74 Å². The number of Topliss-reactive ketones (excluding diaryl/α,β-unsaturated/α-hetero) is 1. The summed E-state index contributed by atoms with van der Waals surface area (Å²) in [5.41, 5.74) is 2.41. The molecule has 24 heavy (non-hydrogen) atoms. The highest BCUT2D eigenvalue weighted by Gasteiger charge is 2.14. The van der Waals surface area contributed by atoms with Gasteiger partial charge in [-0.05, 0) is 55.3 Å². The van der Waals surface area contributed by atoms with Crippen molar-refractivity contribution in [1.29, 1.82) is 0 Å². The van der Waals surface area contributed by atoms with Gasteiger partial charge in [-0.25, -0.2) is 4.79 Å². The second kappa shape index (κ2) is 8.18. The normalized spacial score (nSPS) is 10.3. The van der Waals surface area contributed by atoms with Gasteiger partial charge < -0.3 is 9.47 Å². The van der Waals surface area contributed by atoms with Gasteiger partial charge in [-0.15, -0.1) is 0 Å². The Balaban J connectivity index is 1.85. The van der Waals surface area contributed by atoms with E-state index >= 15 is 0 Å². The van der Waals surface area contributed by atoms with Crippen LogP contribution in [0, 0.1) is 13.8 Å². The molecule has 0 bridgehead atoms. The number of aryl methyl sites for hydroxylation is 2. The van der Waals surface area contributed by atoms with Gasteiger partial charge in [0, 0.05) is 10.6 Å². The molecule has 0 heterocycles. The van der Waals surface area contributed by atoms with Crippen LogP contribution in [0.15, 0.2) is 36.4 Å². The monoisotopic (exact) mass is 366 g/mol. The van der Waals surface area contributed by atoms with Crippen molar-refractivity contribution in [2.45, 2.75) is 13.8 Å². The number of carbonyl (C=O) groups is 2. The summed E-state index contributed by atoms with van der Waals surface area (Å²) in [5, 5.41) is 0.638. The molecule has 2 aromatic rings. The molecule has 0 saturated heterocycles. The molecule has 2 rings (SSSR count). The SMILES string of the molecule is Cc1ccc(OCC(=O)OCC(=O)c2cc(Cl)ccc2Cl)cc1C. The zero-order valence-electron chi connectivity index (χ0n) is 13.3. The number of ketones is 1. The van der Waals surface area contributed by atoms with E-state index in [4.69, 9.17) is 32.7 Å². The summed E-state index contributed by atoms with van der Waals surface area (Å²) < 4.78 is 10.3.